The van der Waals surface area contributed by atoms with Gasteiger partial charge in [-0.25, -0.2) is 9.18 Å². The van der Waals surface area contributed by atoms with Crippen LogP contribution in [0.4, 0.5) is 9.18 Å². The third-order valence-corrected chi connectivity index (χ3v) is 3.00. The van der Waals surface area contributed by atoms with Gasteiger partial charge < -0.3 is 15.3 Å². The molecule has 1 atom stereocenters. The molecule has 0 aromatic heterocycles. The summed E-state index contributed by atoms with van der Waals surface area (Å²) in [6.07, 6.45) is -0.221. The molecular formula is C12H15FN2O2. The minimum absolute atomic E-state index is 0.192. The molecule has 1 saturated heterocycles. The number of carboxylic acid groups (broad SMARTS) is 1. The van der Waals surface area contributed by atoms with Gasteiger partial charge in [0, 0.05) is 13.1 Å². The van der Waals surface area contributed by atoms with E-state index in [9.17, 15) is 14.3 Å². The molecule has 1 aromatic rings. The zero-order chi connectivity index (χ0) is 12.3. The fourth-order valence-electron chi connectivity index (χ4n) is 2.14. The van der Waals surface area contributed by atoms with Gasteiger partial charge in [0.15, 0.2) is 0 Å². The second-order valence-corrected chi connectivity index (χ2v) is 4.08. The Morgan fingerprint density at radius 3 is 2.71 bits per heavy atom. The van der Waals surface area contributed by atoms with E-state index in [-0.39, 0.29) is 11.9 Å². The van der Waals surface area contributed by atoms with Crippen molar-refractivity contribution < 1.29 is 14.3 Å². The maximum atomic E-state index is 12.8. The summed E-state index contributed by atoms with van der Waals surface area (Å²) in [7, 11) is 0. The molecule has 92 valence electrons. The van der Waals surface area contributed by atoms with E-state index in [1.807, 2.05) is 0 Å². The van der Waals surface area contributed by atoms with Crippen LogP contribution >= 0.6 is 0 Å². The van der Waals surface area contributed by atoms with Gasteiger partial charge in [0.1, 0.15) is 5.82 Å². The molecule has 4 nitrogen and oxygen atoms in total. The lowest BCUT2D eigenvalue weighted by atomic mass is 10.0. The summed E-state index contributed by atoms with van der Waals surface area (Å²) in [5.41, 5.74) is 0.845. The Bertz CT molecular complexity index is 394. The van der Waals surface area contributed by atoms with E-state index in [0.717, 1.165) is 12.1 Å². The zero-order valence-corrected chi connectivity index (χ0v) is 9.40. The van der Waals surface area contributed by atoms with Crippen molar-refractivity contribution in [3.63, 3.8) is 0 Å². The van der Waals surface area contributed by atoms with E-state index in [1.165, 1.54) is 17.0 Å². The summed E-state index contributed by atoms with van der Waals surface area (Å²) in [6, 6.07) is 5.85. The van der Waals surface area contributed by atoms with Crippen molar-refractivity contribution in [2.75, 3.05) is 19.6 Å². The first-order valence-electron chi connectivity index (χ1n) is 5.64. The van der Waals surface area contributed by atoms with Crippen molar-refractivity contribution in [2.24, 2.45) is 0 Å². The summed E-state index contributed by atoms with van der Waals surface area (Å²) < 4.78 is 12.8. The van der Waals surface area contributed by atoms with E-state index < -0.39 is 6.09 Å². The Labute approximate surface area is 99.0 Å². The first-order chi connectivity index (χ1) is 8.18. The third kappa shape index (κ3) is 2.74. The molecule has 1 aliphatic heterocycles. The molecule has 1 aliphatic rings. The van der Waals surface area contributed by atoms with Gasteiger partial charge in [-0.2, -0.15) is 0 Å². The van der Waals surface area contributed by atoms with Crippen LogP contribution in [0.15, 0.2) is 24.3 Å². The standard InChI is InChI=1S/C12H15FN2O2/c13-10-3-1-9(2-4-10)11-5-6-14-7-8-15(11)12(16)17/h1-4,11,14H,5-8H2,(H,16,17)/t11-/m1/s1. The van der Waals surface area contributed by atoms with Gasteiger partial charge in [-0.3, -0.25) is 0 Å². The summed E-state index contributed by atoms with van der Waals surface area (Å²) in [6.45, 7) is 1.88. The number of rotatable bonds is 1. The van der Waals surface area contributed by atoms with Gasteiger partial charge in [-0.15, -0.1) is 0 Å². The highest BCUT2D eigenvalue weighted by Crippen LogP contribution is 2.25. The SMILES string of the molecule is O=C(O)N1CCNCC[C@@H]1c1ccc(F)cc1. The van der Waals surface area contributed by atoms with Gasteiger partial charge in [0.2, 0.25) is 0 Å². The zero-order valence-electron chi connectivity index (χ0n) is 9.40. The van der Waals surface area contributed by atoms with Gasteiger partial charge >= 0.3 is 6.09 Å². The molecule has 0 unspecified atom stereocenters. The lowest BCUT2D eigenvalue weighted by Gasteiger charge is -2.27. The van der Waals surface area contributed by atoms with Gasteiger partial charge in [-0.1, -0.05) is 12.1 Å². The molecule has 2 rings (SSSR count). The molecule has 0 radical (unpaired) electrons. The lowest BCUT2D eigenvalue weighted by molar-refractivity contribution is 0.127. The minimum atomic E-state index is -0.928. The van der Waals surface area contributed by atoms with Crippen LogP contribution in [0.2, 0.25) is 0 Å². The van der Waals surface area contributed by atoms with Crippen molar-refractivity contribution in [3.8, 4) is 0 Å². The number of nitrogens with one attached hydrogen (secondary N) is 1. The van der Waals surface area contributed by atoms with Crippen molar-refractivity contribution in [1.82, 2.24) is 10.2 Å². The average molecular weight is 238 g/mol. The molecule has 1 aromatic carbocycles. The summed E-state index contributed by atoms with van der Waals surface area (Å²) in [4.78, 5) is 12.6. The van der Waals surface area contributed by atoms with Crippen LogP contribution in [0.1, 0.15) is 18.0 Å². The molecule has 1 heterocycles. The fourth-order valence-corrected chi connectivity index (χ4v) is 2.14. The van der Waals surface area contributed by atoms with Crippen molar-refractivity contribution >= 4 is 6.09 Å². The van der Waals surface area contributed by atoms with Crippen molar-refractivity contribution in [2.45, 2.75) is 12.5 Å². The van der Waals surface area contributed by atoms with E-state index in [1.54, 1.807) is 12.1 Å². The Balaban J connectivity index is 2.25. The van der Waals surface area contributed by atoms with Gasteiger partial charge in [0.25, 0.3) is 0 Å². The maximum absolute atomic E-state index is 12.8. The number of carbonyl (C=O) groups is 1. The minimum Gasteiger partial charge on any atom is -0.465 e. The summed E-state index contributed by atoms with van der Waals surface area (Å²) >= 11 is 0. The van der Waals surface area contributed by atoms with Gasteiger partial charge in [0.05, 0.1) is 6.04 Å². The molecule has 0 bridgehead atoms. The molecule has 1 amide bonds. The number of amides is 1. The Kier molecular flexibility index (Phi) is 3.58. The van der Waals surface area contributed by atoms with Crippen LogP contribution in [0, 0.1) is 5.82 Å². The molecule has 0 saturated carbocycles. The van der Waals surface area contributed by atoms with Crippen molar-refractivity contribution in [1.29, 1.82) is 0 Å². The Morgan fingerprint density at radius 1 is 1.35 bits per heavy atom. The quantitative estimate of drug-likeness (QED) is 0.785. The number of benzene rings is 1. The molecule has 2 N–H and O–H groups in total. The predicted octanol–water partition coefficient (Wildman–Crippen LogP) is 1.84. The van der Waals surface area contributed by atoms with Crippen LogP contribution in [0.25, 0.3) is 0 Å². The number of halogens is 1. The van der Waals surface area contributed by atoms with Crippen LogP contribution in [-0.4, -0.2) is 35.7 Å². The normalized spacial score (nSPS) is 21.0. The third-order valence-electron chi connectivity index (χ3n) is 3.00. The lowest BCUT2D eigenvalue weighted by Crippen LogP contribution is -2.35. The van der Waals surface area contributed by atoms with Crippen LogP contribution in [-0.2, 0) is 0 Å². The van der Waals surface area contributed by atoms with Crippen LogP contribution < -0.4 is 5.32 Å². The van der Waals surface area contributed by atoms with E-state index in [4.69, 9.17) is 0 Å². The van der Waals surface area contributed by atoms with E-state index >= 15 is 0 Å². The fraction of sp³-hybridized carbons (Fsp3) is 0.417. The summed E-state index contributed by atoms with van der Waals surface area (Å²) in [5.74, 6) is -0.303. The second kappa shape index (κ2) is 5.14. The van der Waals surface area contributed by atoms with Crippen LogP contribution in [0.3, 0.4) is 0 Å². The largest absolute Gasteiger partial charge is 0.465 e. The first-order valence-corrected chi connectivity index (χ1v) is 5.64. The highest BCUT2D eigenvalue weighted by Gasteiger charge is 2.26. The monoisotopic (exact) mass is 238 g/mol. The number of nitrogens with zero attached hydrogens (tertiary/aromatic N) is 1. The average Bonchev–Trinajstić information content (AvgIpc) is 2.55. The number of hydrogen-bond acceptors (Lipinski definition) is 2. The Morgan fingerprint density at radius 2 is 2.06 bits per heavy atom. The van der Waals surface area contributed by atoms with E-state index in [0.29, 0.717) is 19.5 Å². The summed E-state index contributed by atoms with van der Waals surface area (Å²) in [5, 5.41) is 12.3. The van der Waals surface area contributed by atoms with Crippen LogP contribution in [0.5, 0.6) is 0 Å². The Hall–Kier alpha value is -1.62. The highest BCUT2D eigenvalue weighted by atomic mass is 19.1. The first kappa shape index (κ1) is 11.9. The maximum Gasteiger partial charge on any atom is 0.407 e. The molecule has 5 heteroatoms. The number of hydrogen-bond donors (Lipinski definition) is 2. The smallest absolute Gasteiger partial charge is 0.407 e. The predicted molar refractivity (Wildman–Crippen MR) is 61.4 cm³/mol. The molecule has 0 aliphatic carbocycles. The van der Waals surface area contributed by atoms with Crippen molar-refractivity contribution in [3.05, 3.63) is 35.6 Å². The van der Waals surface area contributed by atoms with Gasteiger partial charge in [-0.05, 0) is 30.7 Å². The highest BCUT2D eigenvalue weighted by molar-refractivity contribution is 5.65. The van der Waals surface area contributed by atoms with E-state index in [2.05, 4.69) is 5.32 Å². The molecular weight excluding hydrogens is 223 g/mol. The molecule has 1 fully saturated rings. The topological polar surface area (TPSA) is 52.6 Å². The molecule has 17 heavy (non-hydrogen) atoms. The second-order valence-electron chi connectivity index (χ2n) is 4.08. The molecule has 0 spiro atoms.